The van der Waals surface area contributed by atoms with Gasteiger partial charge in [0.05, 0.1) is 13.2 Å². The summed E-state index contributed by atoms with van der Waals surface area (Å²) < 4.78 is 11.4. The van der Waals surface area contributed by atoms with Gasteiger partial charge < -0.3 is 19.5 Å². The molecule has 0 unspecified atom stereocenters. The summed E-state index contributed by atoms with van der Waals surface area (Å²) in [6.45, 7) is 10.1. The number of hydrogen-bond acceptors (Lipinski definition) is 6. The van der Waals surface area contributed by atoms with Crippen molar-refractivity contribution in [2.24, 2.45) is 0 Å². The molecule has 0 aromatic carbocycles. The minimum Gasteiger partial charge on any atom is -0.466 e. The molecule has 0 rings (SSSR count). The van der Waals surface area contributed by atoms with Crippen LogP contribution in [0.5, 0.6) is 0 Å². The molecule has 0 aromatic heterocycles. The quantitative estimate of drug-likeness (QED) is 0.0521. The minimum absolute atomic E-state index is 0.0141. The van der Waals surface area contributed by atoms with Crippen LogP contribution in [0.4, 0.5) is 0 Å². The maximum absolute atomic E-state index is 12.8. The molecule has 0 aromatic rings. The van der Waals surface area contributed by atoms with Gasteiger partial charge in [-0.05, 0) is 70.9 Å². The fraction of sp³-hybridized carbons (Fsp3) is 0.951. The molecule has 0 aliphatic heterocycles. The van der Waals surface area contributed by atoms with Crippen molar-refractivity contribution in [1.29, 1.82) is 0 Å². The molecular formula is C41H81NO5. The van der Waals surface area contributed by atoms with Gasteiger partial charge in [0.2, 0.25) is 0 Å². The monoisotopic (exact) mass is 668 g/mol. The van der Waals surface area contributed by atoms with Gasteiger partial charge in [0.1, 0.15) is 6.10 Å². The highest BCUT2D eigenvalue weighted by atomic mass is 16.5. The van der Waals surface area contributed by atoms with Crippen molar-refractivity contribution < 1.29 is 24.2 Å². The highest BCUT2D eigenvalue weighted by Gasteiger charge is 2.15. The van der Waals surface area contributed by atoms with Crippen LogP contribution in [0.15, 0.2) is 0 Å². The average Bonchev–Trinajstić information content (AvgIpc) is 3.06. The predicted molar refractivity (Wildman–Crippen MR) is 200 cm³/mol. The first-order chi connectivity index (χ1) is 23.1. The second-order valence-electron chi connectivity index (χ2n) is 14.1. The number of rotatable bonds is 38. The summed E-state index contributed by atoms with van der Waals surface area (Å²) >= 11 is 0. The topological polar surface area (TPSA) is 76.1 Å². The lowest BCUT2D eigenvalue weighted by atomic mass is 10.0. The van der Waals surface area contributed by atoms with E-state index in [0.29, 0.717) is 26.0 Å². The lowest BCUT2D eigenvalue weighted by molar-refractivity contribution is -0.150. The van der Waals surface area contributed by atoms with Crippen LogP contribution >= 0.6 is 0 Å². The van der Waals surface area contributed by atoms with Gasteiger partial charge in [-0.15, -0.1) is 0 Å². The standard InChI is InChI=1S/C41H81NO5/c1-4-7-10-12-15-19-24-30-39(31-25-20-16-13-11-8-5-2)47-41(45)33-26-28-35-42(36-37-43)34-27-21-17-14-18-22-29-38-46-40(44)32-23-9-6-3/h39,43H,4-38H2,1-3H3. The first-order valence-corrected chi connectivity index (χ1v) is 20.8. The van der Waals surface area contributed by atoms with E-state index >= 15 is 0 Å². The number of nitrogens with zero attached hydrogens (tertiary/aromatic N) is 1. The van der Waals surface area contributed by atoms with Gasteiger partial charge in [-0.25, -0.2) is 0 Å². The van der Waals surface area contributed by atoms with Crippen LogP contribution in [0.1, 0.15) is 213 Å². The number of hydrogen-bond donors (Lipinski definition) is 1. The summed E-state index contributed by atoms with van der Waals surface area (Å²) in [5.41, 5.74) is 0. The SMILES string of the molecule is CCCCCCCCCC(CCCCCCCCC)OC(=O)CCCCN(CCO)CCCCCCCCCOC(=O)CCCCC. The van der Waals surface area contributed by atoms with E-state index in [0.717, 1.165) is 77.3 Å². The van der Waals surface area contributed by atoms with Crippen molar-refractivity contribution in [2.75, 3.05) is 32.8 Å². The molecule has 0 atom stereocenters. The number of aliphatic hydroxyl groups is 1. The average molecular weight is 668 g/mol. The van der Waals surface area contributed by atoms with Crippen LogP contribution in [0.25, 0.3) is 0 Å². The summed E-state index contributed by atoms with van der Waals surface area (Å²) in [7, 11) is 0. The third kappa shape index (κ3) is 34.5. The lowest BCUT2D eigenvalue weighted by Gasteiger charge is -2.21. The van der Waals surface area contributed by atoms with Crippen LogP contribution in [-0.4, -0.2) is 60.9 Å². The third-order valence-electron chi connectivity index (χ3n) is 9.45. The summed E-state index contributed by atoms with van der Waals surface area (Å²) in [4.78, 5) is 26.8. The van der Waals surface area contributed by atoms with Crippen LogP contribution < -0.4 is 0 Å². The minimum atomic E-state index is -0.0392. The Balaban J connectivity index is 4.11. The predicted octanol–water partition coefficient (Wildman–Crippen LogP) is 11.5. The summed E-state index contributed by atoms with van der Waals surface area (Å²) in [6.07, 6.45) is 34.4. The first kappa shape index (κ1) is 45.9. The smallest absolute Gasteiger partial charge is 0.306 e. The van der Waals surface area contributed by atoms with E-state index < -0.39 is 0 Å². The molecule has 0 aliphatic rings. The molecule has 280 valence electrons. The Bertz CT molecular complexity index is 640. The highest BCUT2D eigenvalue weighted by Crippen LogP contribution is 2.18. The van der Waals surface area contributed by atoms with E-state index in [1.807, 2.05) is 0 Å². The Hall–Kier alpha value is -1.14. The highest BCUT2D eigenvalue weighted by molar-refractivity contribution is 5.69. The van der Waals surface area contributed by atoms with Crippen LogP contribution in [0, 0.1) is 0 Å². The number of unbranched alkanes of at least 4 members (excludes halogenated alkanes) is 21. The van der Waals surface area contributed by atoms with Gasteiger partial charge in [0.15, 0.2) is 0 Å². The van der Waals surface area contributed by atoms with E-state index in [1.54, 1.807) is 0 Å². The first-order valence-electron chi connectivity index (χ1n) is 20.8. The summed E-state index contributed by atoms with van der Waals surface area (Å²) in [5, 5.41) is 9.55. The van der Waals surface area contributed by atoms with Crippen molar-refractivity contribution in [3.63, 3.8) is 0 Å². The molecule has 6 heteroatoms. The Morgan fingerprint density at radius 3 is 1.43 bits per heavy atom. The zero-order valence-electron chi connectivity index (χ0n) is 31.9. The molecule has 47 heavy (non-hydrogen) atoms. The zero-order chi connectivity index (χ0) is 34.5. The molecule has 0 spiro atoms. The molecule has 0 aliphatic carbocycles. The van der Waals surface area contributed by atoms with Crippen LogP contribution in [0.3, 0.4) is 0 Å². The largest absolute Gasteiger partial charge is 0.466 e. The van der Waals surface area contributed by atoms with Gasteiger partial charge in [-0.2, -0.15) is 0 Å². The summed E-state index contributed by atoms with van der Waals surface area (Å²) in [6, 6.07) is 0. The molecule has 1 N–H and O–H groups in total. The van der Waals surface area contributed by atoms with Crippen molar-refractivity contribution in [2.45, 2.75) is 219 Å². The maximum Gasteiger partial charge on any atom is 0.306 e. The van der Waals surface area contributed by atoms with Crippen molar-refractivity contribution in [3.05, 3.63) is 0 Å². The van der Waals surface area contributed by atoms with E-state index in [-0.39, 0.29) is 24.6 Å². The number of esters is 2. The Morgan fingerprint density at radius 2 is 0.894 bits per heavy atom. The molecular weight excluding hydrogens is 586 g/mol. The van der Waals surface area contributed by atoms with E-state index in [1.165, 1.54) is 116 Å². The molecule has 0 bridgehead atoms. The molecule has 6 nitrogen and oxygen atoms in total. The third-order valence-corrected chi connectivity index (χ3v) is 9.45. The fourth-order valence-corrected chi connectivity index (χ4v) is 6.35. The molecule has 0 saturated carbocycles. The lowest BCUT2D eigenvalue weighted by Crippen LogP contribution is -2.29. The van der Waals surface area contributed by atoms with Gasteiger partial charge in [0.25, 0.3) is 0 Å². The van der Waals surface area contributed by atoms with Gasteiger partial charge in [-0.3, -0.25) is 9.59 Å². The fourth-order valence-electron chi connectivity index (χ4n) is 6.35. The van der Waals surface area contributed by atoms with E-state index in [9.17, 15) is 14.7 Å². The summed E-state index contributed by atoms with van der Waals surface area (Å²) in [5.74, 6) is -0.0534. The Labute approximate surface area is 292 Å². The Kier molecular flexibility index (Phi) is 36.8. The van der Waals surface area contributed by atoms with Gasteiger partial charge in [0, 0.05) is 19.4 Å². The number of carbonyl (C=O) groups excluding carboxylic acids is 2. The van der Waals surface area contributed by atoms with Crippen LogP contribution in [-0.2, 0) is 19.1 Å². The molecule has 0 radical (unpaired) electrons. The number of ether oxygens (including phenoxy) is 2. The van der Waals surface area contributed by atoms with Crippen molar-refractivity contribution >= 4 is 11.9 Å². The van der Waals surface area contributed by atoms with Crippen molar-refractivity contribution in [1.82, 2.24) is 4.90 Å². The zero-order valence-corrected chi connectivity index (χ0v) is 31.9. The number of carbonyl (C=O) groups is 2. The molecule has 0 amide bonds. The molecule has 0 heterocycles. The van der Waals surface area contributed by atoms with Gasteiger partial charge in [-0.1, -0.05) is 143 Å². The van der Waals surface area contributed by atoms with E-state index in [4.69, 9.17) is 9.47 Å². The normalized spacial score (nSPS) is 11.5. The molecule has 0 saturated heterocycles. The van der Waals surface area contributed by atoms with Crippen LogP contribution in [0.2, 0.25) is 0 Å². The maximum atomic E-state index is 12.8. The second-order valence-corrected chi connectivity index (χ2v) is 14.1. The van der Waals surface area contributed by atoms with Gasteiger partial charge >= 0.3 is 11.9 Å². The molecule has 0 fully saturated rings. The second kappa shape index (κ2) is 37.7. The number of aliphatic hydroxyl groups excluding tert-OH is 1. The van der Waals surface area contributed by atoms with Crippen molar-refractivity contribution in [3.8, 4) is 0 Å². The Morgan fingerprint density at radius 1 is 0.489 bits per heavy atom. The van der Waals surface area contributed by atoms with E-state index in [2.05, 4.69) is 25.7 Å².